The van der Waals surface area contributed by atoms with Gasteiger partial charge in [0.15, 0.2) is 16.8 Å². The van der Waals surface area contributed by atoms with E-state index in [4.69, 9.17) is 19.4 Å². The van der Waals surface area contributed by atoms with Gasteiger partial charge in [0.25, 0.3) is 5.69 Å². The number of aryl methyl sites for hydroxylation is 1. The predicted molar refractivity (Wildman–Crippen MR) is 189 cm³/mol. The van der Waals surface area contributed by atoms with Crippen LogP contribution in [-0.4, -0.2) is 38.4 Å². The number of hydrogen-bond donors (Lipinski definition) is 0. The molecule has 244 valence electrons. The van der Waals surface area contributed by atoms with Gasteiger partial charge in [0.1, 0.15) is 22.8 Å². The van der Waals surface area contributed by atoms with E-state index >= 15 is 0 Å². The number of anilines is 2. The highest BCUT2D eigenvalue weighted by Gasteiger charge is 2.52. The van der Waals surface area contributed by atoms with Gasteiger partial charge in [-0.3, -0.25) is 25.1 Å². The molecule has 49 heavy (non-hydrogen) atoms. The van der Waals surface area contributed by atoms with E-state index in [1.54, 1.807) is 12.1 Å². The van der Waals surface area contributed by atoms with Crippen molar-refractivity contribution in [3.05, 3.63) is 146 Å². The first kappa shape index (κ1) is 31.3. The number of para-hydroxylation sites is 1. The molecule has 0 radical (unpaired) electrons. The number of nitrogens with zero attached hydrogens (tertiary/aromatic N) is 7. The summed E-state index contributed by atoms with van der Waals surface area (Å²) in [7, 11) is 1.57. The van der Waals surface area contributed by atoms with Gasteiger partial charge >= 0.3 is 5.69 Å². The fourth-order valence-corrected chi connectivity index (χ4v) is 7.07. The third-order valence-electron chi connectivity index (χ3n) is 8.03. The smallest absolute Gasteiger partial charge is 0.301 e. The molecule has 0 N–H and O–H groups in total. The molecule has 3 heterocycles. The van der Waals surface area contributed by atoms with Gasteiger partial charge in [-0.25, -0.2) is 10.0 Å². The lowest BCUT2D eigenvalue weighted by Gasteiger charge is -2.26. The quantitative estimate of drug-likeness (QED) is 0.111. The average molecular weight is 674 g/mol. The molecule has 1 saturated heterocycles. The van der Waals surface area contributed by atoms with Gasteiger partial charge in [-0.1, -0.05) is 83.7 Å². The SMILES string of the molecule is COc1ccc([C@@H]2[C@H]3SC(=Nc4ccccc4)N(c4c(C)noc4/C=C/c4ccccc4)C3=NN2c2ccc([N+](=O)[O-])cc2[N+](=O)[O-])cc1. The molecule has 4 aromatic carbocycles. The standard InChI is InChI=1S/C35H27N7O6S/c1-22-31(30(48-38-22)20-13-23-9-5-3-6-10-23)39-34-33(49-35(39)36-25-11-7-4-8-12-25)32(24-14-17-27(47-2)18-15-24)40(37-34)28-19-16-26(41(43)44)21-29(28)42(45)46/h3-21,32-33H,1-2H3/b20-13+,36-35?/t32-,33-/m1/s1. The molecule has 2 atom stereocenters. The zero-order valence-corrected chi connectivity index (χ0v) is 26.9. The van der Waals surface area contributed by atoms with Crippen LogP contribution in [0.4, 0.5) is 28.4 Å². The second-order valence-electron chi connectivity index (χ2n) is 11.0. The van der Waals surface area contributed by atoms with E-state index in [0.29, 0.717) is 33.9 Å². The number of thioether (sulfide) groups is 1. The molecule has 0 aliphatic carbocycles. The summed E-state index contributed by atoms with van der Waals surface area (Å²) < 4.78 is 11.2. The Bertz CT molecular complexity index is 2140. The van der Waals surface area contributed by atoms with E-state index in [9.17, 15) is 20.2 Å². The van der Waals surface area contributed by atoms with Crippen LogP contribution in [0.3, 0.4) is 0 Å². The molecule has 0 unspecified atom stereocenters. The average Bonchev–Trinajstić information content (AvgIpc) is 3.78. The topological polar surface area (TPSA) is 153 Å². The molecular weight excluding hydrogens is 646 g/mol. The summed E-state index contributed by atoms with van der Waals surface area (Å²) >= 11 is 1.45. The van der Waals surface area contributed by atoms with Crippen LogP contribution in [0.5, 0.6) is 5.75 Å². The van der Waals surface area contributed by atoms with E-state index < -0.39 is 32.5 Å². The van der Waals surface area contributed by atoms with Crippen molar-refractivity contribution in [2.75, 3.05) is 17.0 Å². The van der Waals surface area contributed by atoms with E-state index in [1.165, 1.54) is 23.9 Å². The van der Waals surface area contributed by atoms with Crippen molar-refractivity contribution in [1.82, 2.24) is 5.16 Å². The van der Waals surface area contributed by atoms with Crippen LogP contribution in [0.25, 0.3) is 12.2 Å². The second-order valence-corrected chi connectivity index (χ2v) is 12.1. The molecule has 2 aliphatic heterocycles. The number of ether oxygens (including phenoxy) is 1. The minimum Gasteiger partial charge on any atom is -0.497 e. The number of aliphatic imine (C=N–C) groups is 1. The molecular formula is C35H27N7O6S. The number of non-ortho nitro benzene ring substituents is 1. The number of hydrogen-bond acceptors (Lipinski definition) is 11. The van der Waals surface area contributed by atoms with Gasteiger partial charge in [-0.15, -0.1) is 0 Å². The lowest BCUT2D eigenvalue weighted by Crippen LogP contribution is -2.32. The number of rotatable bonds is 9. The van der Waals surface area contributed by atoms with Crippen molar-refractivity contribution >= 4 is 63.4 Å². The number of nitro benzene ring substituents is 2. The number of benzene rings is 4. The zero-order chi connectivity index (χ0) is 34.1. The Morgan fingerprint density at radius 3 is 2.31 bits per heavy atom. The van der Waals surface area contributed by atoms with Gasteiger partial charge in [0.2, 0.25) is 0 Å². The van der Waals surface area contributed by atoms with Gasteiger partial charge in [-0.2, -0.15) is 5.10 Å². The first-order valence-corrected chi connectivity index (χ1v) is 15.9. The van der Waals surface area contributed by atoms with Crippen molar-refractivity contribution in [3.8, 4) is 5.75 Å². The number of amidine groups is 2. The normalized spacial score (nSPS) is 17.8. The minimum atomic E-state index is -0.661. The number of aromatic nitrogens is 1. The Hall–Kier alpha value is -6.28. The van der Waals surface area contributed by atoms with Crippen LogP contribution in [0, 0.1) is 27.2 Å². The number of fused-ring (bicyclic) bond motifs is 1. The lowest BCUT2D eigenvalue weighted by atomic mass is 10.0. The maximum Gasteiger partial charge on any atom is 0.301 e. The van der Waals surface area contributed by atoms with Crippen LogP contribution >= 0.6 is 11.8 Å². The fraction of sp³-hybridized carbons (Fsp3) is 0.114. The summed E-state index contributed by atoms with van der Waals surface area (Å²) in [6.07, 6.45) is 3.75. The van der Waals surface area contributed by atoms with E-state index in [2.05, 4.69) is 5.16 Å². The van der Waals surface area contributed by atoms with Crippen molar-refractivity contribution < 1.29 is 19.1 Å². The summed E-state index contributed by atoms with van der Waals surface area (Å²) in [5.74, 6) is 1.64. The van der Waals surface area contributed by atoms with Crippen molar-refractivity contribution in [2.45, 2.75) is 18.2 Å². The molecule has 0 amide bonds. The van der Waals surface area contributed by atoms with Crippen LogP contribution < -0.4 is 14.6 Å². The maximum atomic E-state index is 12.3. The Morgan fingerprint density at radius 2 is 1.63 bits per heavy atom. The Morgan fingerprint density at radius 1 is 0.918 bits per heavy atom. The maximum absolute atomic E-state index is 12.3. The van der Waals surface area contributed by atoms with Gasteiger partial charge in [0.05, 0.1) is 40.0 Å². The van der Waals surface area contributed by atoms with Gasteiger partial charge in [0, 0.05) is 6.07 Å². The summed E-state index contributed by atoms with van der Waals surface area (Å²) in [5, 5.41) is 35.0. The highest BCUT2D eigenvalue weighted by atomic mass is 32.2. The largest absolute Gasteiger partial charge is 0.497 e. The minimum absolute atomic E-state index is 0.103. The molecule has 0 bridgehead atoms. The first-order valence-electron chi connectivity index (χ1n) is 15.1. The highest BCUT2D eigenvalue weighted by molar-refractivity contribution is 8.16. The Kier molecular flexibility index (Phi) is 8.36. The van der Waals surface area contributed by atoms with Crippen molar-refractivity contribution in [1.29, 1.82) is 0 Å². The summed E-state index contributed by atoms with van der Waals surface area (Å²) in [5.41, 5.74) is 2.93. The van der Waals surface area contributed by atoms with Crippen LogP contribution in [0.15, 0.2) is 118 Å². The molecule has 14 heteroatoms. The Balaban J connectivity index is 1.42. The predicted octanol–water partition coefficient (Wildman–Crippen LogP) is 8.16. The third-order valence-corrected chi connectivity index (χ3v) is 9.23. The summed E-state index contributed by atoms with van der Waals surface area (Å²) in [4.78, 5) is 29.5. The second kappa shape index (κ2) is 13.1. The lowest BCUT2D eigenvalue weighted by molar-refractivity contribution is -0.393. The van der Waals surface area contributed by atoms with Gasteiger partial charge in [-0.05, 0) is 54.5 Å². The number of hydrazone groups is 1. The summed E-state index contributed by atoms with van der Waals surface area (Å²) in [6.45, 7) is 1.83. The first-order chi connectivity index (χ1) is 23.8. The number of nitro groups is 2. The van der Waals surface area contributed by atoms with E-state index in [-0.39, 0.29) is 5.69 Å². The van der Waals surface area contributed by atoms with Crippen molar-refractivity contribution in [2.24, 2.45) is 10.1 Å². The number of methoxy groups -OCH3 is 1. The van der Waals surface area contributed by atoms with Crippen LogP contribution in [-0.2, 0) is 0 Å². The van der Waals surface area contributed by atoms with E-state index in [1.807, 2.05) is 109 Å². The van der Waals surface area contributed by atoms with Crippen LogP contribution in [0.1, 0.15) is 28.6 Å². The summed E-state index contributed by atoms with van der Waals surface area (Å²) in [6, 6.07) is 29.6. The molecule has 7 rings (SSSR count). The molecule has 0 spiro atoms. The van der Waals surface area contributed by atoms with Crippen LogP contribution in [0.2, 0.25) is 0 Å². The molecule has 1 aromatic heterocycles. The molecule has 1 fully saturated rings. The molecule has 2 aliphatic rings. The monoisotopic (exact) mass is 673 g/mol. The zero-order valence-electron chi connectivity index (χ0n) is 26.1. The molecule has 13 nitrogen and oxygen atoms in total. The van der Waals surface area contributed by atoms with E-state index in [0.717, 1.165) is 22.9 Å². The van der Waals surface area contributed by atoms with Gasteiger partial charge < -0.3 is 9.26 Å². The Labute approximate surface area is 284 Å². The molecule has 0 saturated carbocycles. The molecule has 5 aromatic rings. The fourth-order valence-electron chi connectivity index (χ4n) is 5.74. The highest BCUT2D eigenvalue weighted by Crippen LogP contribution is 2.51. The third kappa shape index (κ3) is 6.00. The van der Waals surface area contributed by atoms with Crippen molar-refractivity contribution in [3.63, 3.8) is 0 Å².